The summed E-state index contributed by atoms with van der Waals surface area (Å²) in [6, 6.07) is 0.0769. The first-order valence-corrected chi connectivity index (χ1v) is 8.44. The number of likely N-dealkylation sites (tertiary alicyclic amines) is 2. The molecule has 5 heteroatoms. The van der Waals surface area contributed by atoms with Crippen molar-refractivity contribution in [3.63, 3.8) is 0 Å². The highest BCUT2D eigenvalue weighted by molar-refractivity contribution is 5.85. The minimum Gasteiger partial charge on any atom is -0.341 e. The van der Waals surface area contributed by atoms with Gasteiger partial charge in [-0.3, -0.25) is 9.69 Å². The van der Waals surface area contributed by atoms with Gasteiger partial charge in [0.25, 0.3) is 0 Å². The second-order valence-electron chi connectivity index (χ2n) is 7.06. The zero-order valence-corrected chi connectivity index (χ0v) is 14.1. The second kappa shape index (κ2) is 7.30. The number of hydrogen-bond acceptors (Lipinski definition) is 3. The van der Waals surface area contributed by atoms with Gasteiger partial charge in [0.05, 0.1) is 6.04 Å². The summed E-state index contributed by atoms with van der Waals surface area (Å²) in [7, 11) is 0. The quantitative estimate of drug-likeness (QED) is 0.845. The van der Waals surface area contributed by atoms with Gasteiger partial charge in [0, 0.05) is 26.2 Å². The van der Waals surface area contributed by atoms with Gasteiger partial charge in [0.15, 0.2) is 0 Å². The van der Waals surface area contributed by atoms with Crippen molar-refractivity contribution in [2.24, 2.45) is 5.41 Å². The minimum atomic E-state index is 0. The molecule has 4 nitrogen and oxygen atoms in total. The molecule has 3 heterocycles. The van der Waals surface area contributed by atoms with E-state index in [2.05, 4.69) is 22.0 Å². The Bertz CT molecular complexity index is 349. The molecule has 1 spiro atoms. The van der Waals surface area contributed by atoms with E-state index in [-0.39, 0.29) is 18.4 Å². The number of halogens is 1. The summed E-state index contributed by atoms with van der Waals surface area (Å²) < 4.78 is 0. The van der Waals surface area contributed by atoms with Crippen LogP contribution in [0.1, 0.15) is 45.4 Å². The van der Waals surface area contributed by atoms with E-state index in [1.165, 1.54) is 38.5 Å². The first kappa shape index (κ1) is 17.0. The number of nitrogens with one attached hydrogen (secondary N) is 1. The Morgan fingerprint density at radius 2 is 1.81 bits per heavy atom. The number of carbonyl (C=O) groups excluding carboxylic acids is 1. The fourth-order valence-corrected chi connectivity index (χ4v) is 4.16. The summed E-state index contributed by atoms with van der Waals surface area (Å²) in [5.74, 6) is 0.370. The van der Waals surface area contributed by atoms with Crippen molar-refractivity contribution in [2.45, 2.75) is 51.5 Å². The summed E-state index contributed by atoms with van der Waals surface area (Å²) in [6.45, 7) is 8.58. The summed E-state index contributed by atoms with van der Waals surface area (Å²) in [5.41, 5.74) is 0.466. The predicted molar refractivity (Wildman–Crippen MR) is 87.9 cm³/mol. The minimum absolute atomic E-state index is 0. The molecular formula is C16H30ClN3O. The van der Waals surface area contributed by atoms with Crippen LogP contribution < -0.4 is 5.32 Å². The van der Waals surface area contributed by atoms with Crippen molar-refractivity contribution in [3.8, 4) is 0 Å². The van der Waals surface area contributed by atoms with E-state index >= 15 is 0 Å². The molecule has 3 aliphatic rings. The number of rotatable bonds is 2. The summed E-state index contributed by atoms with van der Waals surface area (Å²) in [5, 5.41) is 3.49. The van der Waals surface area contributed by atoms with Crippen molar-refractivity contribution in [1.82, 2.24) is 15.1 Å². The third-order valence-corrected chi connectivity index (χ3v) is 5.62. The van der Waals surface area contributed by atoms with Gasteiger partial charge in [-0.1, -0.05) is 12.8 Å². The lowest BCUT2D eigenvalue weighted by Gasteiger charge is -2.31. The molecule has 3 aliphatic heterocycles. The average Bonchev–Trinajstić information content (AvgIpc) is 3.00. The second-order valence-corrected chi connectivity index (χ2v) is 7.06. The highest BCUT2D eigenvalue weighted by Gasteiger charge is 2.43. The summed E-state index contributed by atoms with van der Waals surface area (Å²) in [6.07, 6.45) is 7.50. The Morgan fingerprint density at radius 3 is 2.43 bits per heavy atom. The van der Waals surface area contributed by atoms with Crippen LogP contribution in [0.3, 0.4) is 0 Å². The number of hydrogen-bond donors (Lipinski definition) is 1. The first-order valence-electron chi connectivity index (χ1n) is 8.44. The number of nitrogens with zero attached hydrogens (tertiary/aromatic N) is 2. The van der Waals surface area contributed by atoms with Crippen LogP contribution in [0.2, 0.25) is 0 Å². The molecule has 21 heavy (non-hydrogen) atoms. The van der Waals surface area contributed by atoms with Gasteiger partial charge in [0.2, 0.25) is 5.91 Å². The summed E-state index contributed by atoms with van der Waals surface area (Å²) in [4.78, 5) is 17.3. The Balaban J connectivity index is 0.00000161. The molecule has 0 radical (unpaired) electrons. The highest BCUT2D eigenvalue weighted by atomic mass is 35.5. The maximum Gasteiger partial charge on any atom is 0.239 e. The molecule has 0 bridgehead atoms. The fourth-order valence-electron chi connectivity index (χ4n) is 4.16. The van der Waals surface area contributed by atoms with E-state index in [4.69, 9.17) is 0 Å². The van der Waals surface area contributed by atoms with Crippen molar-refractivity contribution in [3.05, 3.63) is 0 Å². The van der Waals surface area contributed by atoms with Gasteiger partial charge in [-0.15, -0.1) is 12.4 Å². The average molecular weight is 316 g/mol. The maximum absolute atomic E-state index is 12.7. The van der Waals surface area contributed by atoms with Crippen molar-refractivity contribution < 1.29 is 4.79 Å². The Morgan fingerprint density at radius 1 is 1.10 bits per heavy atom. The predicted octanol–water partition coefficient (Wildman–Crippen LogP) is 1.88. The maximum atomic E-state index is 12.7. The molecule has 0 aromatic heterocycles. The molecule has 0 aromatic carbocycles. The Labute approximate surface area is 135 Å². The first-order chi connectivity index (χ1) is 9.70. The molecule has 2 atom stereocenters. The van der Waals surface area contributed by atoms with Crippen molar-refractivity contribution in [1.29, 1.82) is 0 Å². The standard InChI is InChI=1S/C16H29N3O.ClH/c1-14(15(20)18-9-4-2-3-5-10-18)19-11-7-16(13-19)6-8-17-12-16;/h14,17H,2-13H2,1H3;1H. The molecule has 1 amide bonds. The van der Waals surface area contributed by atoms with Crippen molar-refractivity contribution in [2.75, 3.05) is 39.3 Å². The molecule has 3 fully saturated rings. The molecule has 0 saturated carbocycles. The van der Waals surface area contributed by atoms with E-state index in [0.717, 1.165) is 39.3 Å². The van der Waals surface area contributed by atoms with E-state index in [1.807, 2.05) is 0 Å². The zero-order valence-electron chi connectivity index (χ0n) is 13.3. The third-order valence-electron chi connectivity index (χ3n) is 5.62. The normalized spacial score (nSPS) is 32.0. The monoisotopic (exact) mass is 315 g/mol. The number of carbonyl (C=O) groups is 1. The lowest BCUT2D eigenvalue weighted by Crippen LogP contribution is -2.47. The van der Waals surface area contributed by atoms with Gasteiger partial charge in [-0.2, -0.15) is 0 Å². The SMILES string of the molecule is CC(C(=O)N1CCCCCC1)N1CCC2(CCNC2)C1.Cl. The molecule has 0 aromatic rings. The fraction of sp³-hybridized carbons (Fsp3) is 0.938. The van der Waals surface area contributed by atoms with Crippen LogP contribution in [0, 0.1) is 5.41 Å². The highest BCUT2D eigenvalue weighted by Crippen LogP contribution is 2.37. The molecule has 2 unspecified atom stereocenters. The molecule has 0 aliphatic carbocycles. The van der Waals surface area contributed by atoms with Crippen LogP contribution in [0.4, 0.5) is 0 Å². The largest absolute Gasteiger partial charge is 0.341 e. The molecule has 3 saturated heterocycles. The third kappa shape index (κ3) is 3.72. The topological polar surface area (TPSA) is 35.6 Å². The van der Waals surface area contributed by atoms with Crippen LogP contribution >= 0.6 is 12.4 Å². The van der Waals surface area contributed by atoms with E-state index in [9.17, 15) is 4.79 Å². The smallest absolute Gasteiger partial charge is 0.239 e. The van der Waals surface area contributed by atoms with Gasteiger partial charge in [-0.05, 0) is 51.1 Å². The molecular weight excluding hydrogens is 286 g/mol. The van der Waals surface area contributed by atoms with Crippen LogP contribution in [-0.2, 0) is 4.79 Å². The van der Waals surface area contributed by atoms with Gasteiger partial charge in [0.1, 0.15) is 0 Å². The van der Waals surface area contributed by atoms with Gasteiger partial charge < -0.3 is 10.2 Å². The Kier molecular flexibility index (Phi) is 5.92. The van der Waals surface area contributed by atoms with Crippen molar-refractivity contribution >= 4 is 18.3 Å². The van der Waals surface area contributed by atoms with E-state index in [0.29, 0.717) is 11.3 Å². The van der Waals surface area contributed by atoms with Gasteiger partial charge >= 0.3 is 0 Å². The van der Waals surface area contributed by atoms with Gasteiger partial charge in [-0.25, -0.2) is 0 Å². The molecule has 3 rings (SSSR count). The summed E-state index contributed by atoms with van der Waals surface area (Å²) >= 11 is 0. The molecule has 1 N–H and O–H groups in total. The lowest BCUT2D eigenvalue weighted by atomic mass is 9.86. The van der Waals surface area contributed by atoms with Crippen LogP contribution in [0.15, 0.2) is 0 Å². The van der Waals surface area contributed by atoms with Crippen LogP contribution in [0.25, 0.3) is 0 Å². The van der Waals surface area contributed by atoms with Crippen LogP contribution in [0.5, 0.6) is 0 Å². The number of amides is 1. The molecule has 122 valence electrons. The Hall–Kier alpha value is -0.320. The lowest BCUT2D eigenvalue weighted by molar-refractivity contribution is -0.136. The van der Waals surface area contributed by atoms with E-state index in [1.54, 1.807) is 0 Å². The zero-order chi connectivity index (χ0) is 14.0. The van der Waals surface area contributed by atoms with Crippen LogP contribution in [-0.4, -0.2) is 61.0 Å². The van der Waals surface area contributed by atoms with E-state index < -0.39 is 0 Å².